The number of unbranched alkanes of at least 4 members (excludes halogenated alkanes) is 2. The second kappa shape index (κ2) is 9.05. The van der Waals surface area contributed by atoms with Crippen molar-refractivity contribution in [2.75, 3.05) is 0 Å². The molecule has 0 rings (SSSR count). The summed E-state index contributed by atoms with van der Waals surface area (Å²) in [5.74, 6) is 0. The third-order valence-electron chi connectivity index (χ3n) is 2.06. The van der Waals surface area contributed by atoms with Gasteiger partial charge in [0, 0.05) is 0 Å². The first kappa shape index (κ1) is 16.0. The lowest BCUT2D eigenvalue weighted by atomic mass is 10.2. The average Bonchev–Trinajstić information content (AvgIpc) is 2.25. The lowest BCUT2D eigenvalue weighted by Crippen LogP contribution is -2.25. The number of aliphatic hydroxyl groups excluding tert-OH is 1. The summed E-state index contributed by atoms with van der Waals surface area (Å²) in [6.45, 7) is 1.96. The van der Waals surface area contributed by atoms with E-state index in [0.29, 0.717) is 12.8 Å². The molecule has 0 radical (unpaired) electrons. The fourth-order valence-corrected chi connectivity index (χ4v) is 1.12. The molecule has 1 atom stereocenters. The maximum atomic E-state index is 11.9. The predicted octanol–water partition coefficient (Wildman–Crippen LogP) is 4.16. The normalized spacial score (nSPS) is 15.4. The Hall–Kier alpha value is -1.03. The zero-order valence-electron chi connectivity index (χ0n) is 9.95. The van der Waals surface area contributed by atoms with Crippen LogP contribution in [0.4, 0.5) is 13.2 Å². The van der Waals surface area contributed by atoms with Gasteiger partial charge < -0.3 is 5.11 Å². The molecule has 0 spiro atoms. The highest BCUT2D eigenvalue weighted by Crippen LogP contribution is 2.20. The Morgan fingerprint density at radius 1 is 0.941 bits per heavy atom. The number of hydrogen-bond donors (Lipinski definition) is 1. The minimum Gasteiger partial charge on any atom is -0.380 e. The van der Waals surface area contributed by atoms with Crippen LogP contribution in [0.5, 0.6) is 0 Å². The van der Waals surface area contributed by atoms with Crippen molar-refractivity contribution in [1.29, 1.82) is 0 Å². The Kier molecular flexibility index (Phi) is 8.50. The van der Waals surface area contributed by atoms with Gasteiger partial charge in [0.1, 0.15) is 0 Å². The second-order valence-electron chi connectivity index (χ2n) is 3.61. The molecule has 0 aliphatic carbocycles. The van der Waals surface area contributed by atoms with Crippen LogP contribution in [0.25, 0.3) is 0 Å². The van der Waals surface area contributed by atoms with E-state index >= 15 is 0 Å². The van der Waals surface area contributed by atoms with Crippen LogP contribution in [0.2, 0.25) is 0 Å². The van der Waals surface area contributed by atoms with Gasteiger partial charge in [0.05, 0.1) is 0 Å². The monoisotopic (exact) mass is 248 g/mol. The van der Waals surface area contributed by atoms with E-state index in [-0.39, 0.29) is 0 Å². The van der Waals surface area contributed by atoms with E-state index in [4.69, 9.17) is 5.11 Å². The summed E-state index contributed by atoms with van der Waals surface area (Å²) < 4.78 is 35.6. The Morgan fingerprint density at radius 2 is 1.41 bits per heavy atom. The van der Waals surface area contributed by atoms with E-state index in [0.717, 1.165) is 18.9 Å². The number of halogens is 3. The molecule has 1 nitrogen and oxygen atoms in total. The molecule has 0 amide bonds. The topological polar surface area (TPSA) is 20.2 Å². The van der Waals surface area contributed by atoms with Gasteiger partial charge in [-0.2, -0.15) is 13.2 Å². The maximum absolute atomic E-state index is 11.9. The van der Waals surface area contributed by atoms with Crippen molar-refractivity contribution in [3.05, 3.63) is 36.5 Å². The van der Waals surface area contributed by atoms with Gasteiger partial charge in [-0.1, -0.05) is 36.5 Å². The Labute approximate surface area is 100 Å². The molecule has 98 valence electrons. The molecule has 0 heterocycles. The first-order chi connectivity index (χ1) is 7.98. The Morgan fingerprint density at radius 3 is 1.88 bits per heavy atom. The standard InChI is InChI=1S/C13H19F3O/c1-2-3-4-5-6-7-8-9-10-11-12(17)13(14,15)16/h2-3,6-7,10-12,17H,4-5,8-9H2,1H3. The van der Waals surface area contributed by atoms with Crippen molar-refractivity contribution >= 4 is 0 Å². The Bertz CT molecular complexity index is 264. The quantitative estimate of drug-likeness (QED) is 0.530. The van der Waals surface area contributed by atoms with Gasteiger partial charge >= 0.3 is 6.18 Å². The van der Waals surface area contributed by atoms with Crippen LogP contribution in [-0.2, 0) is 0 Å². The molecular formula is C13H19F3O. The molecule has 0 bridgehead atoms. The number of rotatable bonds is 7. The summed E-state index contributed by atoms with van der Waals surface area (Å²) in [4.78, 5) is 0. The summed E-state index contributed by atoms with van der Waals surface area (Å²) in [5.41, 5.74) is 0. The fraction of sp³-hybridized carbons (Fsp3) is 0.538. The molecule has 1 N–H and O–H groups in total. The molecule has 0 saturated heterocycles. The molecule has 0 saturated carbocycles. The highest BCUT2D eigenvalue weighted by molar-refractivity contribution is 4.94. The van der Waals surface area contributed by atoms with Crippen LogP contribution in [-0.4, -0.2) is 17.4 Å². The van der Waals surface area contributed by atoms with Gasteiger partial charge in [-0.15, -0.1) is 0 Å². The highest BCUT2D eigenvalue weighted by atomic mass is 19.4. The molecule has 4 heteroatoms. The number of allylic oxidation sites excluding steroid dienone is 5. The second-order valence-corrected chi connectivity index (χ2v) is 3.61. The van der Waals surface area contributed by atoms with Crippen molar-refractivity contribution in [3.63, 3.8) is 0 Å². The first-order valence-corrected chi connectivity index (χ1v) is 5.66. The number of alkyl halides is 3. The Balaban J connectivity index is 3.60. The summed E-state index contributed by atoms with van der Waals surface area (Å²) in [5, 5.41) is 8.65. The average molecular weight is 248 g/mol. The van der Waals surface area contributed by atoms with Crippen LogP contribution in [0.1, 0.15) is 32.6 Å². The van der Waals surface area contributed by atoms with Gasteiger partial charge in [-0.25, -0.2) is 0 Å². The molecule has 0 aromatic heterocycles. The third-order valence-corrected chi connectivity index (χ3v) is 2.06. The van der Waals surface area contributed by atoms with E-state index in [9.17, 15) is 13.2 Å². The molecule has 0 aliphatic rings. The van der Waals surface area contributed by atoms with Crippen LogP contribution in [0, 0.1) is 0 Å². The SMILES string of the molecule is CC=CCCC=CCCC=CC(O)C(F)(F)F. The van der Waals surface area contributed by atoms with E-state index in [2.05, 4.69) is 6.08 Å². The van der Waals surface area contributed by atoms with Crippen LogP contribution >= 0.6 is 0 Å². The number of hydrogen-bond acceptors (Lipinski definition) is 1. The summed E-state index contributed by atoms with van der Waals surface area (Å²) in [6.07, 6.45) is 6.35. The van der Waals surface area contributed by atoms with Crippen molar-refractivity contribution < 1.29 is 18.3 Å². The zero-order chi connectivity index (χ0) is 13.1. The van der Waals surface area contributed by atoms with Crippen molar-refractivity contribution in [2.45, 2.75) is 44.9 Å². The van der Waals surface area contributed by atoms with E-state index in [1.54, 1.807) is 0 Å². The molecule has 0 aromatic carbocycles. The van der Waals surface area contributed by atoms with Crippen LogP contribution < -0.4 is 0 Å². The smallest absolute Gasteiger partial charge is 0.380 e. The molecule has 1 unspecified atom stereocenters. The molecule has 0 aliphatic heterocycles. The number of aliphatic hydroxyl groups is 1. The summed E-state index contributed by atoms with van der Waals surface area (Å²) in [6, 6.07) is 0. The van der Waals surface area contributed by atoms with E-state index in [1.807, 2.05) is 25.2 Å². The van der Waals surface area contributed by atoms with Crippen molar-refractivity contribution in [3.8, 4) is 0 Å². The third kappa shape index (κ3) is 9.87. The fourth-order valence-electron chi connectivity index (χ4n) is 1.12. The van der Waals surface area contributed by atoms with Gasteiger partial charge in [0.2, 0.25) is 0 Å². The van der Waals surface area contributed by atoms with Crippen molar-refractivity contribution in [2.24, 2.45) is 0 Å². The zero-order valence-corrected chi connectivity index (χ0v) is 9.95. The molecule has 17 heavy (non-hydrogen) atoms. The van der Waals surface area contributed by atoms with Gasteiger partial charge in [-0.3, -0.25) is 0 Å². The highest BCUT2D eigenvalue weighted by Gasteiger charge is 2.35. The van der Waals surface area contributed by atoms with Crippen LogP contribution in [0.15, 0.2) is 36.5 Å². The first-order valence-electron chi connectivity index (χ1n) is 5.66. The van der Waals surface area contributed by atoms with E-state index in [1.165, 1.54) is 6.08 Å². The molecule has 0 aromatic rings. The lowest BCUT2D eigenvalue weighted by Gasteiger charge is -2.09. The van der Waals surface area contributed by atoms with E-state index < -0.39 is 12.3 Å². The minimum absolute atomic E-state index is 0.507. The summed E-state index contributed by atoms with van der Waals surface area (Å²) >= 11 is 0. The van der Waals surface area contributed by atoms with Gasteiger partial charge in [0.25, 0.3) is 0 Å². The predicted molar refractivity (Wildman–Crippen MR) is 63.6 cm³/mol. The maximum Gasteiger partial charge on any atom is 0.417 e. The van der Waals surface area contributed by atoms with Crippen LogP contribution in [0.3, 0.4) is 0 Å². The summed E-state index contributed by atoms with van der Waals surface area (Å²) in [7, 11) is 0. The molecular weight excluding hydrogens is 229 g/mol. The molecule has 0 fully saturated rings. The lowest BCUT2D eigenvalue weighted by molar-refractivity contribution is -0.187. The van der Waals surface area contributed by atoms with Crippen molar-refractivity contribution in [1.82, 2.24) is 0 Å². The largest absolute Gasteiger partial charge is 0.417 e. The van der Waals surface area contributed by atoms with Gasteiger partial charge in [-0.05, 0) is 32.6 Å². The minimum atomic E-state index is -4.56. The van der Waals surface area contributed by atoms with Gasteiger partial charge in [0.15, 0.2) is 6.10 Å².